The highest BCUT2D eigenvalue weighted by Crippen LogP contribution is 2.49. The fraction of sp³-hybridized carbons (Fsp3) is 0. The van der Waals surface area contributed by atoms with Gasteiger partial charge >= 0.3 is 0 Å². The summed E-state index contributed by atoms with van der Waals surface area (Å²) in [6.07, 6.45) is 0. The molecule has 2 N–H and O–H groups in total. The Kier molecular flexibility index (Phi) is 16.3. The maximum Gasteiger partial charge on any atom is 0.0552 e. The van der Waals surface area contributed by atoms with Gasteiger partial charge in [-0.25, -0.2) is 0 Å². The van der Waals surface area contributed by atoms with Crippen molar-refractivity contribution in [3.05, 3.63) is 350 Å². The minimum Gasteiger partial charge on any atom is -0.398 e. The Morgan fingerprint density at radius 2 is 0.494 bits per heavy atom. The van der Waals surface area contributed by atoms with Gasteiger partial charge in [0, 0.05) is 32.7 Å². The first-order valence-electron chi connectivity index (χ1n) is 28.0. The van der Waals surface area contributed by atoms with Gasteiger partial charge in [0.1, 0.15) is 0 Å². The molecular formula is C80H59BrN2. The number of benzene rings is 14. The second-order valence-corrected chi connectivity index (χ2v) is 21.2. The minimum absolute atomic E-state index is 0.814. The van der Waals surface area contributed by atoms with Gasteiger partial charge < -0.3 is 10.6 Å². The lowest BCUT2D eigenvalue weighted by molar-refractivity contribution is 1.29. The summed E-state index contributed by atoms with van der Waals surface area (Å²) in [5.41, 5.74) is 27.4. The van der Waals surface area contributed by atoms with Crippen molar-refractivity contribution in [2.45, 2.75) is 0 Å². The van der Waals surface area contributed by atoms with Crippen LogP contribution in [0.3, 0.4) is 0 Å². The van der Waals surface area contributed by atoms with Crippen LogP contribution in [0.5, 0.6) is 0 Å². The summed E-state index contributed by atoms with van der Waals surface area (Å²) in [7, 11) is 0. The van der Waals surface area contributed by atoms with Crippen molar-refractivity contribution in [3.63, 3.8) is 0 Å². The number of anilines is 4. The fourth-order valence-corrected chi connectivity index (χ4v) is 11.3. The number of nitrogen functional groups attached to an aromatic ring is 1. The van der Waals surface area contributed by atoms with Crippen molar-refractivity contribution in [2.24, 2.45) is 0 Å². The zero-order valence-corrected chi connectivity index (χ0v) is 47.4. The third-order valence-corrected chi connectivity index (χ3v) is 15.5. The van der Waals surface area contributed by atoms with E-state index < -0.39 is 0 Å². The summed E-state index contributed by atoms with van der Waals surface area (Å²) < 4.78 is 1.12. The van der Waals surface area contributed by atoms with Gasteiger partial charge in [-0.2, -0.15) is 0 Å². The topological polar surface area (TPSA) is 29.3 Å². The summed E-state index contributed by atoms with van der Waals surface area (Å²) >= 11 is 3.42. The monoisotopic (exact) mass is 1130 g/mol. The predicted molar refractivity (Wildman–Crippen MR) is 359 cm³/mol. The normalized spacial score (nSPS) is 10.8. The molecule has 14 rings (SSSR count). The average Bonchev–Trinajstić information content (AvgIpc) is 3.13. The summed E-state index contributed by atoms with van der Waals surface area (Å²) in [5, 5.41) is 4.84. The maximum atomic E-state index is 6.46. The Labute approximate surface area is 495 Å². The molecular weight excluding hydrogens is 1070 g/mol. The second-order valence-electron chi connectivity index (χ2n) is 20.3. The molecule has 0 radical (unpaired) electrons. The largest absolute Gasteiger partial charge is 0.398 e. The Morgan fingerprint density at radius 3 is 0.867 bits per heavy atom. The van der Waals surface area contributed by atoms with Gasteiger partial charge in [0.25, 0.3) is 0 Å². The van der Waals surface area contributed by atoms with E-state index in [0.29, 0.717) is 0 Å². The molecule has 0 spiro atoms. The number of hydrogen-bond donors (Lipinski definition) is 1. The van der Waals surface area contributed by atoms with Crippen molar-refractivity contribution >= 4 is 60.2 Å². The van der Waals surface area contributed by atoms with E-state index in [1.807, 2.05) is 18.2 Å². The standard InChI is InChI=1S/C46H33N.C22H17N.C12H9Br/c1-5-15-34(16-6-1)36-25-29-41(30-26-36)47(42-31-27-37(28-32-42)35-17-7-2-8-18-35)44-33-40-23-13-14-24-43(40)45(38-19-9-3-10-20-38)46(44)39-21-11-4-12-22-39;23-20-15-18-13-7-8-14-19(18)21(16-9-3-1-4-10-16)22(20)17-11-5-2-6-12-17;13-12-8-6-11(7-9-12)10-4-2-1-3-5-10/h1-33H;1-15H,23H2;1-9H. The summed E-state index contributed by atoms with van der Waals surface area (Å²) in [4.78, 5) is 2.42. The van der Waals surface area contributed by atoms with Crippen LogP contribution in [0.4, 0.5) is 22.7 Å². The number of hydrogen-bond acceptors (Lipinski definition) is 2. The maximum absolute atomic E-state index is 6.46. The molecule has 0 aliphatic rings. The van der Waals surface area contributed by atoms with Crippen LogP contribution in [-0.4, -0.2) is 0 Å². The molecule has 2 nitrogen and oxygen atoms in total. The molecule has 0 atom stereocenters. The molecule has 0 bridgehead atoms. The van der Waals surface area contributed by atoms with Gasteiger partial charge in [0.2, 0.25) is 0 Å². The number of rotatable bonds is 10. The summed E-state index contributed by atoms with van der Waals surface area (Å²) in [6, 6.07) is 122. The van der Waals surface area contributed by atoms with E-state index in [4.69, 9.17) is 5.73 Å². The van der Waals surface area contributed by atoms with Crippen molar-refractivity contribution in [1.29, 1.82) is 0 Å². The minimum atomic E-state index is 0.814. The molecule has 83 heavy (non-hydrogen) atoms. The molecule has 14 aromatic rings. The van der Waals surface area contributed by atoms with Crippen LogP contribution < -0.4 is 10.6 Å². The smallest absolute Gasteiger partial charge is 0.0552 e. The van der Waals surface area contributed by atoms with E-state index in [0.717, 1.165) is 38.3 Å². The zero-order chi connectivity index (χ0) is 56.2. The molecule has 0 amide bonds. The van der Waals surface area contributed by atoms with Gasteiger partial charge in [-0.3, -0.25) is 0 Å². The van der Waals surface area contributed by atoms with Gasteiger partial charge in [0.15, 0.2) is 0 Å². The second kappa shape index (κ2) is 25.4. The van der Waals surface area contributed by atoms with Crippen LogP contribution in [0, 0.1) is 0 Å². The van der Waals surface area contributed by atoms with Gasteiger partial charge in [-0.05, 0) is 137 Å². The van der Waals surface area contributed by atoms with E-state index in [1.54, 1.807) is 0 Å². The van der Waals surface area contributed by atoms with Gasteiger partial charge in [0.05, 0.1) is 5.69 Å². The van der Waals surface area contributed by atoms with Crippen LogP contribution in [-0.2, 0) is 0 Å². The van der Waals surface area contributed by atoms with E-state index in [2.05, 4.69) is 348 Å². The lowest BCUT2D eigenvalue weighted by Gasteiger charge is -2.30. The highest BCUT2D eigenvalue weighted by atomic mass is 79.9. The molecule has 0 heterocycles. The molecule has 14 aromatic carbocycles. The SMILES string of the molecule is Brc1ccc(-c2ccccc2)cc1.Nc1cc2ccccc2c(-c2ccccc2)c1-c1ccccc1.c1ccc(-c2ccc(N(c3ccc(-c4ccccc4)cc3)c3cc4ccccc4c(-c4ccccc4)c3-c3ccccc3)cc2)cc1. The first kappa shape index (κ1) is 53.3. The third kappa shape index (κ3) is 12.1. The quantitative estimate of drug-likeness (QED) is 0.138. The number of nitrogens with zero attached hydrogens (tertiary/aromatic N) is 1. The van der Waals surface area contributed by atoms with Crippen molar-refractivity contribution in [2.75, 3.05) is 10.6 Å². The molecule has 396 valence electrons. The lowest BCUT2D eigenvalue weighted by atomic mass is 9.87. The molecule has 3 heteroatoms. The molecule has 0 unspecified atom stereocenters. The average molecular weight is 1130 g/mol. The molecule has 0 aliphatic heterocycles. The lowest BCUT2D eigenvalue weighted by Crippen LogP contribution is -2.12. The first-order chi connectivity index (χ1) is 41.0. The van der Waals surface area contributed by atoms with Crippen molar-refractivity contribution in [3.8, 4) is 77.9 Å². The molecule has 0 aliphatic carbocycles. The number of halogens is 1. The van der Waals surface area contributed by atoms with E-state index in [1.165, 1.54) is 88.3 Å². The third-order valence-electron chi connectivity index (χ3n) is 15.0. The number of nitrogens with two attached hydrogens (primary N) is 1. The van der Waals surface area contributed by atoms with Crippen molar-refractivity contribution in [1.82, 2.24) is 0 Å². The van der Waals surface area contributed by atoms with E-state index in [-0.39, 0.29) is 0 Å². The molecule has 0 saturated carbocycles. The number of fused-ring (bicyclic) bond motifs is 2. The summed E-state index contributed by atoms with van der Waals surface area (Å²) in [5.74, 6) is 0. The Bertz CT molecular complexity index is 4290. The molecule has 0 fully saturated rings. The van der Waals surface area contributed by atoms with Crippen molar-refractivity contribution < 1.29 is 0 Å². The van der Waals surface area contributed by atoms with Crippen LogP contribution in [0.25, 0.3) is 99.4 Å². The Morgan fingerprint density at radius 1 is 0.229 bits per heavy atom. The zero-order valence-electron chi connectivity index (χ0n) is 45.8. The fourth-order valence-electron chi connectivity index (χ4n) is 11.1. The highest BCUT2D eigenvalue weighted by molar-refractivity contribution is 9.10. The van der Waals surface area contributed by atoms with E-state index in [9.17, 15) is 0 Å². The van der Waals surface area contributed by atoms with Crippen LogP contribution in [0.15, 0.2) is 350 Å². The van der Waals surface area contributed by atoms with E-state index >= 15 is 0 Å². The van der Waals surface area contributed by atoms with Gasteiger partial charge in [-0.15, -0.1) is 0 Å². The van der Waals surface area contributed by atoms with Crippen LogP contribution >= 0.6 is 15.9 Å². The molecule has 0 aromatic heterocycles. The highest BCUT2D eigenvalue weighted by Gasteiger charge is 2.24. The van der Waals surface area contributed by atoms with Gasteiger partial charge in [-0.1, -0.05) is 313 Å². The predicted octanol–water partition coefficient (Wildman–Crippen LogP) is 22.8. The van der Waals surface area contributed by atoms with Crippen LogP contribution in [0.1, 0.15) is 0 Å². The Hall–Kier alpha value is -10.3. The summed E-state index contributed by atoms with van der Waals surface area (Å²) in [6.45, 7) is 0. The Balaban J connectivity index is 0.000000154. The first-order valence-corrected chi connectivity index (χ1v) is 28.8. The van der Waals surface area contributed by atoms with Crippen LogP contribution in [0.2, 0.25) is 0 Å². The molecule has 0 saturated heterocycles.